The maximum absolute atomic E-state index is 11.3. The summed E-state index contributed by atoms with van der Waals surface area (Å²) in [4.78, 5) is 11.3. The van der Waals surface area contributed by atoms with Gasteiger partial charge in [0.2, 0.25) is 5.91 Å². The third kappa shape index (κ3) is 3.69. The summed E-state index contributed by atoms with van der Waals surface area (Å²) in [6, 6.07) is 0. The van der Waals surface area contributed by atoms with Crippen molar-refractivity contribution in [2.24, 2.45) is 11.1 Å². The molecule has 0 saturated heterocycles. The molecule has 0 radical (unpaired) electrons. The quantitative estimate of drug-likeness (QED) is 0.564. The molecular formula is C8H18N2O2. The van der Waals surface area contributed by atoms with Crippen molar-refractivity contribution in [2.75, 3.05) is 26.8 Å². The Morgan fingerprint density at radius 2 is 2.17 bits per heavy atom. The van der Waals surface area contributed by atoms with Gasteiger partial charge in [-0.25, -0.2) is 0 Å². The maximum Gasteiger partial charge on any atom is 0.227 e. The normalized spacial score (nSPS) is 11.3. The second kappa shape index (κ2) is 5.11. The Labute approximate surface area is 73.5 Å². The van der Waals surface area contributed by atoms with Crippen LogP contribution in [-0.4, -0.2) is 32.7 Å². The van der Waals surface area contributed by atoms with Crippen molar-refractivity contribution in [3.05, 3.63) is 0 Å². The standard InChI is InChI=1S/C8H18N2O2/c1-8(2,6-9)7(11)10-4-5-12-3/h4-6,9H2,1-3H3,(H,10,11). The van der Waals surface area contributed by atoms with Crippen LogP contribution in [0.3, 0.4) is 0 Å². The van der Waals surface area contributed by atoms with Crippen LogP contribution in [0.2, 0.25) is 0 Å². The van der Waals surface area contributed by atoms with Crippen molar-refractivity contribution in [3.8, 4) is 0 Å². The molecule has 0 aliphatic carbocycles. The van der Waals surface area contributed by atoms with Gasteiger partial charge >= 0.3 is 0 Å². The molecule has 0 bridgehead atoms. The van der Waals surface area contributed by atoms with Gasteiger partial charge in [-0.2, -0.15) is 0 Å². The fraction of sp³-hybridized carbons (Fsp3) is 0.875. The summed E-state index contributed by atoms with van der Waals surface area (Å²) in [5.41, 5.74) is 4.94. The zero-order valence-electron chi connectivity index (χ0n) is 8.02. The Kier molecular flexibility index (Phi) is 4.85. The zero-order chi connectivity index (χ0) is 9.61. The molecule has 0 spiro atoms. The lowest BCUT2D eigenvalue weighted by Crippen LogP contribution is -2.42. The molecule has 0 aliphatic rings. The van der Waals surface area contributed by atoms with E-state index in [-0.39, 0.29) is 5.91 Å². The second-order valence-corrected chi connectivity index (χ2v) is 3.34. The van der Waals surface area contributed by atoms with Crippen LogP contribution in [0.1, 0.15) is 13.8 Å². The molecule has 0 rings (SSSR count). The van der Waals surface area contributed by atoms with Gasteiger partial charge in [-0.3, -0.25) is 4.79 Å². The largest absolute Gasteiger partial charge is 0.383 e. The summed E-state index contributed by atoms with van der Waals surface area (Å²) < 4.78 is 4.79. The summed E-state index contributed by atoms with van der Waals surface area (Å²) in [6.07, 6.45) is 0. The van der Waals surface area contributed by atoms with Crippen molar-refractivity contribution < 1.29 is 9.53 Å². The number of ether oxygens (including phenoxy) is 1. The lowest BCUT2D eigenvalue weighted by Gasteiger charge is -2.20. The molecule has 0 aromatic carbocycles. The van der Waals surface area contributed by atoms with Gasteiger partial charge in [0, 0.05) is 20.2 Å². The average molecular weight is 174 g/mol. The highest BCUT2D eigenvalue weighted by molar-refractivity contribution is 5.81. The van der Waals surface area contributed by atoms with Crippen LogP contribution >= 0.6 is 0 Å². The van der Waals surface area contributed by atoms with E-state index in [0.29, 0.717) is 19.7 Å². The number of nitrogens with one attached hydrogen (secondary N) is 1. The topological polar surface area (TPSA) is 64.3 Å². The molecule has 12 heavy (non-hydrogen) atoms. The molecule has 0 heterocycles. The molecule has 0 aromatic heterocycles. The van der Waals surface area contributed by atoms with Crippen LogP contribution in [0, 0.1) is 5.41 Å². The molecule has 0 atom stereocenters. The van der Waals surface area contributed by atoms with Gasteiger partial charge in [-0.15, -0.1) is 0 Å². The molecule has 0 unspecified atom stereocenters. The van der Waals surface area contributed by atoms with Crippen molar-refractivity contribution in [1.82, 2.24) is 5.32 Å². The summed E-state index contributed by atoms with van der Waals surface area (Å²) in [7, 11) is 1.60. The summed E-state index contributed by atoms with van der Waals surface area (Å²) in [6.45, 7) is 5.06. The zero-order valence-corrected chi connectivity index (χ0v) is 8.02. The van der Waals surface area contributed by atoms with Crippen molar-refractivity contribution in [2.45, 2.75) is 13.8 Å². The fourth-order valence-electron chi connectivity index (χ4n) is 0.599. The highest BCUT2D eigenvalue weighted by Crippen LogP contribution is 2.11. The fourth-order valence-corrected chi connectivity index (χ4v) is 0.599. The van der Waals surface area contributed by atoms with E-state index in [2.05, 4.69) is 5.32 Å². The molecule has 0 saturated carbocycles. The predicted molar refractivity (Wildman–Crippen MR) is 47.7 cm³/mol. The molecule has 0 aromatic rings. The minimum Gasteiger partial charge on any atom is -0.383 e. The first kappa shape index (κ1) is 11.4. The number of amides is 1. The molecule has 0 aliphatic heterocycles. The minimum atomic E-state index is -0.478. The second-order valence-electron chi connectivity index (χ2n) is 3.34. The average Bonchev–Trinajstić information content (AvgIpc) is 2.05. The van der Waals surface area contributed by atoms with Crippen LogP contribution in [0.4, 0.5) is 0 Å². The first-order chi connectivity index (χ1) is 5.54. The van der Waals surface area contributed by atoms with Gasteiger partial charge in [-0.05, 0) is 13.8 Å². The molecule has 3 N–H and O–H groups in total. The summed E-state index contributed by atoms with van der Waals surface area (Å²) in [5, 5.41) is 2.73. The molecular weight excluding hydrogens is 156 g/mol. The molecule has 4 heteroatoms. The highest BCUT2D eigenvalue weighted by atomic mass is 16.5. The van der Waals surface area contributed by atoms with E-state index in [1.54, 1.807) is 7.11 Å². The van der Waals surface area contributed by atoms with Gasteiger partial charge in [0.1, 0.15) is 0 Å². The van der Waals surface area contributed by atoms with Gasteiger partial charge in [0.25, 0.3) is 0 Å². The van der Waals surface area contributed by atoms with E-state index >= 15 is 0 Å². The minimum absolute atomic E-state index is 0.0259. The Morgan fingerprint density at radius 3 is 2.58 bits per heavy atom. The Hall–Kier alpha value is -0.610. The smallest absolute Gasteiger partial charge is 0.227 e. The van der Waals surface area contributed by atoms with Crippen LogP contribution in [0.5, 0.6) is 0 Å². The van der Waals surface area contributed by atoms with E-state index in [1.807, 2.05) is 13.8 Å². The van der Waals surface area contributed by atoms with Crippen molar-refractivity contribution in [1.29, 1.82) is 0 Å². The van der Waals surface area contributed by atoms with E-state index in [0.717, 1.165) is 0 Å². The molecule has 72 valence electrons. The number of hydrogen-bond donors (Lipinski definition) is 2. The lowest BCUT2D eigenvalue weighted by atomic mass is 9.93. The van der Waals surface area contributed by atoms with E-state index in [1.165, 1.54) is 0 Å². The first-order valence-corrected chi connectivity index (χ1v) is 4.02. The van der Waals surface area contributed by atoms with E-state index in [4.69, 9.17) is 10.5 Å². The van der Waals surface area contributed by atoms with Gasteiger partial charge in [0.05, 0.1) is 12.0 Å². The van der Waals surface area contributed by atoms with E-state index in [9.17, 15) is 4.79 Å². The van der Waals surface area contributed by atoms with Crippen LogP contribution in [-0.2, 0) is 9.53 Å². The lowest BCUT2D eigenvalue weighted by molar-refractivity contribution is -0.129. The number of carbonyl (C=O) groups is 1. The van der Waals surface area contributed by atoms with Crippen molar-refractivity contribution >= 4 is 5.91 Å². The number of rotatable bonds is 5. The monoisotopic (exact) mass is 174 g/mol. The predicted octanol–water partition coefficient (Wildman–Crippen LogP) is -0.266. The van der Waals surface area contributed by atoms with Crippen LogP contribution in [0.25, 0.3) is 0 Å². The molecule has 4 nitrogen and oxygen atoms in total. The number of carbonyl (C=O) groups excluding carboxylic acids is 1. The van der Waals surface area contributed by atoms with Crippen LogP contribution < -0.4 is 11.1 Å². The highest BCUT2D eigenvalue weighted by Gasteiger charge is 2.24. The number of hydrogen-bond acceptors (Lipinski definition) is 3. The number of nitrogens with two attached hydrogens (primary N) is 1. The maximum atomic E-state index is 11.3. The van der Waals surface area contributed by atoms with E-state index < -0.39 is 5.41 Å². The van der Waals surface area contributed by atoms with Crippen molar-refractivity contribution in [3.63, 3.8) is 0 Å². The SMILES string of the molecule is COCCNC(=O)C(C)(C)CN. The number of methoxy groups -OCH3 is 1. The Bertz CT molecular complexity index is 146. The van der Waals surface area contributed by atoms with Crippen LogP contribution in [0.15, 0.2) is 0 Å². The molecule has 0 fully saturated rings. The molecule has 1 amide bonds. The Balaban J connectivity index is 3.72. The van der Waals surface area contributed by atoms with Gasteiger partial charge in [0.15, 0.2) is 0 Å². The summed E-state index contributed by atoms with van der Waals surface area (Å²) >= 11 is 0. The van der Waals surface area contributed by atoms with Gasteiger partial charge < -0.3 is 15.8 Å². The third-order valence-electron chi connectivity index (χ3n) is 1.72. The third-order valence-corrected chi connectivity index (χ3v) is 1.72. The Morgan fingerprint density at radius 1 is 1.58 bits per heavy atom. The first-order valence-electron chi connectivity index (χ1n) is 4.02. The summed E-state index contributed by atoms with van der Waals surface area (Å²) in [5.74, 6) is -0.0259. The van der Waals surface area contributed by atoms with Gasteiger partial charge in [-0.1, -0.05) is 0 Å².